The van der Waals surface area contributed by atoms with Crippen molar-refractivity contribution < 1.29 is 19.1 Å². The van der Waals surface area contributed by atoms with Crippen molar-refractivity contribution in [1.29, 1.82) is 0 Å². The number of nitrogens with one attached hydrogen (secondary N) is 1. The van der Waals surface area contributed by atoms with Crippen LogP contribution in [0.3, 0.4) is 0 Å². The van der Waals surface area contributed by atoms with Crippen LogP contribution in [0.1, 0.15) is 53.6 Å². The largest absolute Gasteiger partial charge is 0.454 e. The maximum absolute atomic E-state index is 12.9. The normalized spacial score (nSPS) is 14.0. The molecule has 31 heavy (non-hydrogen) atoms. The number of aryl methyl sites for hydroxylation is 2. The minimum absolute atomic E-state index is 0.117. The van der Waals surface area contributed by atoms with Crippen molar-refractivity contribution in [3.05, 3.63) is 65.2 Å². The van der Waals surface area contributed by atoms with Gasteiger partial charge in [0.1, 0.15) is 6.54 Å². The van der Waals surface area contributed by atoms with E-state index in [0.29, 0.717) is 5.56 Å². The summed E-state index contributed by atoms with van der Waals surface area (Å²) in [6.45, 7) is 3.27. The summed E-state index contributed by atoms with van der Waals surface area (Å²) in [5.74, 6) is -1.23. The number of ether oxygens (including phenoxy) is 1. The number of carbonyl (C=O) groups excluding carboxylic acids is 3. The highest BCUT2D eigenvalue weighted by molar-refractivity contribution is 5.97. The van der Waals surface area contributed by atoms with Crippen LogP contribution >= 0.6 is 0 Å². The second-order valence-electron chi connectivity index (χ2n) is 8.03. The van der Waals surface area contributed by atoms with Gasteiger partial charge >= 0.3 is 5.97 Å². The van der Waals surface area contributed by atoms with E-state index in [-0.39, 0.29) is 31.0 Å². The van der Waals surface area contributed by atoms with Crippen molar-refractivity contribution in [2.24, 2.45) is 0 Å². The molecule has 1 N–H and O–H groups in total. The van der Waals surface area contributed by atoms with E-state index in [1.54, 1.807) is 17.0 Å². The van der Waals surface area contributed by atoms with Gasteiger partial charge in [-0.2, -0.15) is 0 Å². The number of esters is 1. The molecule has 0 bridgehead atoms. The van der Waals surface area contributed by atoms with Crippen molar-refractivity contribution in [2.45, 2.75) is 52.0 Å². The van der Waals surface area contributed by atoms with Crippen LogP contribution in [-0.2, 0) is 14.3 Å². The minimum Gasteiger partial charge on any atom is -0.454 e. The molecule has 1 aliphatic rings. The first-order valence-electron chi connectivity index (χ1n) is 10.8. The quantitative estimate of drug-likeness (QED) is 0.686. The first-order chi connectivity index (χ1) is 15.0. The second kappa shape index (κ2) is 10.8. The van der Waals surface area contributed by atoms with Crippen LogP contribution in [0.2, 0.25) is 0 Å². The monoisotopic (exact) mass is 422 g/mol. The summed E-state index contributed by atoms with van der Waals surface area (Å²) in [7, 11) is 0. The van der Waals surface area contributed by atoms with Crippen LogP contribution in [0.15, 0.2) is 48.5 Å². The van der Waals surface area contributed by atoms with Crippen LogP contribution in [-0.4, -0.2) is 37.0 Å². The van der Waals surface area contributed by atoms with Gasteiger partial charge in [0, 0.05) is 17.3 Å². The predicted molar refractivity (Wildman–Crippen MR) is 120 cm³/mol. The average molecular weight is 423 g/mol. The zero-order valence-corrected chi connectivity index (χ0v) is 18.2. The molecule has 2 aromatic carbocycles. The lowest BCUT2D eigenvalue weighted by Gasteiger charge is -2.34. The lowest BCUT2D eigenvalue weighted by atomic mass is 9.93. The van der Waals surface area contributed by atoms with E-state index in [1.807, 2.05) is 50.2 Å². The van der Waals surface area contributed by atoms with Gasteiger partial charge in [0.15, 0.2) is 6.61 Å². The Hall–Kier alpha value is -3.15. The van der Waals surface area contributed by atoms with Crippen LogP contribution in [0, 0.1) is 13.8 Å². The average Bonchev–Trinajstić information content (AvgIpc) is 2.79. The number of benzene rings is 2. The van der Waals surface area contributed by atoms with Gasteiger partial charge in [0.2, 0.25) is 0 Å². The van der Waals surface area contributed by atoms with Gasteiger partial charge in [-0.05, 0) is 62.1 Å². The fourth-order valence-corrected chi connectivity index (χ4v) is 3.89. The molecule has 1 fully saturated rings. The molecule has 0 atom stereocenters. The number of carbonyl (C=O) groups is 3. The highest BCUT2D eigenvalue weighted by Crippen LogP contribution is 2.27. The maximum atomic E-state index is 12.9. The molecule has 6 nitrogen and oxygen atoms in total. The zero-order valence-electron chi connectivity index (χ0n) is 18.2. The topological polar surface area (TPSA) is 75.7 Å². The standard InChI is InChI=1S/C25H30N2O4/c1-18-13-14-20(15-19(18)2)25(30)26-16-24(29)31-17-23(28)27(21-9-5-3-6-10-21)22-11-7-4-8-12-22/h3,5-6,9-10,13-15,22H,4,7-8,11-12,16-17H2,1-2H3,(H,26,30). The van der Waals surface area contributed by atoms with E-state index in [2.05, 4.69) is 5.32 Å². The lowest BCUT2D eigenvalue weighted by Crippen LogP contribution is -2.44. The Kier molecular flexibility index (Phi) is 7.82. The van der Waals surface area contributed by atoms with Crippen molar-refractivity contribution in [2.75, 3.05) is 18.1 Å². The lowest BCUT2D eigenvalue weighted by molar-refractivity contribution is -0.146. The van der Waals surface area contributed by atoms with Gasteiger partial charge in [-0.1, -0.05) is 43.5 Å². The molecule has 1 aliphatic carbocycles. The summed E-state index contributed by atoms with van der Waals surface area (Å²) in [5, 5.41) is 2.56. The zero-order chi connectivity index (χ0) is 22.2. The van der Waals surface area contributed by atoms with Gasteiger partial charge in [0.05, 0.1) is 0 Å². The number of amides is 2. The smallest absolute Gasteiger partial charge is 0.325 e. The van der Waals surface area contributed by atoms with Crippen molar-refractivity contribution >= 4 is 23.5 Å². The Bertz CT molecular complexity index is 920. The van der Waals surface area contributed by atoms with Gasteiger partial charge < -0.3 is 15.0 Å². The third-order valence-corrected chi connectivity index (χ3v) is 5.76. The van der Waals surface area contributed by atoms with Crippen LogP contribution in [0.4, 0.5) is 5.69 Å². The van der Waals surface area contributed by atoms with Gasteiger partial charge in [-0.3, -0.25) is 14.4 Å². The first-order valence-corrected chi connectivity index (χ1v) is 10.8. The molecule has 0 heterocycles. The van der Waals surface area contributed by atoms with E-state index < -0.39 is 5.97 Å². The number of hydrogen-bond acceptors (Lipinski definition) is 4. The number of hydrogen-bond donors (Lipinski definition) is 1. The Balaban J connectivity index is 1.54. The molecule has 0 aromatic heterocycles. The summed E-state index contributed by atoms with van der Waals surface area (Å²) in [5.41, 5.74) is 3.40. The Morgan fingerprint density at radius 3 is 2.35 bits per heavy atom. The van der Waals surface area contributed by atoms with Crippen molar-refractivity contribution in [1.82, 2.24) is 5.32 Å². The SMILES string of the molecule is Cc1ccc(C(=O)NCC(=O)OCC(=O)N(c2ccccc2)C2CCCCC2)cc1C. The molecule has 164 valence electrons. The third kappa shape index (κ3) is 6.17. The van der Waals surface area contributed by atoms with Crippen molar-refractivity contribution in [3.63, 3.8) is 0 Å². The van der Waals surface area contributed by atoms with Crippen LogP contribution in [0.5, 0.6) is 0 Å². The van der Waals surface area contributed by atoms with Crippen LogP contribution in [0.25, 0.3) is 0 Å². The molecular weight excluding hydrogens is 392 g/mol. The number of nitrogens with zero attached hydrogens (tertiary/aromatic N) is 1. The molecule has 0 unspecified atom stereocenters. The van der Waals surface area contributed by atoms with Gasteiger partial charge in [-0.15, -0.1) is 0 Å². The van der Waals surface area contributed by atoms with E-state index >= 15 is 0 Å². The summed E-state index contributed by atoms with van der Waals surface area (Å²) in [4.78, 5) is 39.1. The van der Waals surface area contributed by atoms with E-state index in [4.69, 9.17) is 4.74 Å². The molecule has 1 saturated carbocycles. The van der Waals surface area contributed by atoms with Gasteiger partial charge in [0.25, 0.3) is 11.8 Å². The second-order valence-corrected chi connectivity index (χ2v) is 8.03. The predicted octanol–water partition coefficient (Wildman–Crippen LogP) is 3.94. The molecular formula is C25H30N2O4. The molecule has 3 rings (SSSR count). The number of rotatable bonds is 7. The Labute approximate surface area is 183 Å². The highest BCUT2D eigenvalue weighted by atomic mass is 16.5. The molecule has 6 heteroatoms. The summed E-state index contributed by atoms with van der Waals surface area (Å²) in [6.07, 6.45) is 5.25. The minimum atomic E-state index is -0.637. The Morgan fingerprint density at radius 1 is 0.968 bits per heavy atom. The summed E-state index contributed by atoms with van der Waals surface area (Å²) >= 11 is 0. The molecule has 0 saturated heterocycles. The van der Waals surface area contributed by atoms with Gasteiger partial charge in [-0.25, -0.2) is 0 Å². The summed E-state index contributed by atoms with van der Waals surface area (Å²) < 4.78 is 5.18. The van der Waals surface area contributed by atoms with Crippen LogP contribution < -0.4 is 10.2 Å². The number of anilines is 1. The van der Waals surface area contributed by atoms with E-state index in [1.165, 1.54) is 6.42 Å². The molecule has 2 amide bonds. The van der Waals surface area contributed by atoms with E-state index in [0.717, 1.165) is 42.5 Å². The fourth-order valence-electron chi connectivity index (χ4n) is 3.89. The molecule has 0 radical (unpaired) electrons. The molecule has 2 aromatic rings. The summed E-state index contributed by atoms with van der Waals surface area (Å²) in [6, 6.07) is 15.0. The Morgan fingerprint density at radius 2 is 1.68 bits per heavy atom. The maximum Gasteiger partial charge on any atom is 0.325 e. The third-order valence-electron chi connectivity index (χ3n) is 5.76. The molecule has 0 aliphatic heterocycles. The highest BCUT2D eigenvalue weighted by Gasteiger charge is 2.27. The van der Waals surface area contributed by atoms with Crippen molar-refractivity contribution in [3.8, 4) is 0 Å². The first kappa shape index (κ1) is 22.5. The number of para-hydroxylation sites is 1. The molecule has 0 spiro atoms. The fraction of sp³-hybridized carbons (Fsp3) is 0.400. The van der Waals surface area contributed by atoms with E-state index in [9.17, 15) is 14.4 Å².